The van der Waals surface area contributed by atoms with Crippen molar-refractivity contribution in [2.24, 2.45) is 5.92 Å². The first-order valence-corrected chi connectivity index (χ1v) is 5.39. The summed E-state index contributed by atoms with van der Waals surface area (Å²) in [6.07, 6.45) is 2.45. The van der Waals surface area contributed by atoms with Gasteiger partial charge >= 0.3 is 0 Å². The second-order valence-corrected chi connectivity index (χ2v) is 4.13. The van der Waals surface area contributed by atoms with Crippen molar-refractivity contribution in [2.45, 2.75) is 32.7 Å². The summed E-state index contributed by atoms with van der Waals surface area (Å²) in [4.78, 5) is 4.27. The molecular weight excluding hydrogens is 186 g/mol. The van der Waals surface area contributed by atoms with Crippen LogP contribution in [0.3, 0.4) is 0 Å². The van der Waals surface area contributed by atoms with Crippen molar-refractivity contribution in [2.75, 3.05) is 5.32 Å². The first kappa shape index (κ1) is 9.97. The van der Waals surface area contributed by atoms with E-state index in [0.717, 1.165) is 17.3 Å². The molecule has 3 nitrogen and oxygen atoms in total. The molecule has 0 aliphatic heterocycles. The number of hydrogen-bond donors (Lipinski definition) is 1. The molecule has 0 saturated heterocycles. The van der Waals surface area contributed by atoms with Gasteiger partial charge in [-0.25, -0.2) is 4.98 Å². The van der Waals surface area contributed by atoms with Gasteiger partial charge in [0.1, 0.15) is 17.6 Å². The highest BCUT2D eigenvalue weighted by Gasteiger charge is 2.35. The van der Waals surface area contributed by atoms with Gasteiger partial charge in [0.25, 0.3) is 0 Å². The Hall–Kier alpha value is -1.56. The average Bonchev–Trinajstić information content (AvgIpc) is 2.99. The lowest BCUT2D eigenvalue weighted by atomic mass is 10.2. The lowest BCUT2D eigenvalue weighted by Gasteiger charge is -2.05. The zero-order valence-electron chi connectivity index (χ0n) is 9.12. The molecule has 1 aliphatic carbocycles. The van der Waals surface area contributed by atoms with Crippen LogP contribution in [0.4, 0.5) is 5.82 Å². The molecule has 0 aromatic carbocycles. The van der Waals surface area contributed by atoms with Crippen LogP contribution in [-0.4, -0.2) is 11.0 Å². The van der Waals surface area contributed by atoms with Gasteiger partial charge in [-0.05, 0) is 30.9 Å². The molecule has 0 spiro atoms. The van der Waals surface area contributed by atoms with Gasteiger partial charge in [-0.2, -0.15) is 5.26 Å². The zero-order valence-corrected chi connectivity index (χ0v) is 9.12. The molecule has 2 rings (SSSR count). The molecule has 2 atom stereocenters. The van der Waals surface area contributed by atoms with Crippen LogP contribution in [0.1, 0.15) is 31.0 Å². The molecule has 1 N–H and O–H groups in total. The van der Waals surface area contributed by atoms with Crippen LogP contribution in [0.15, 0.2) is 12.1 Å². The van der Waals surface area contributed by atoms with Gasteiger partial charge < -0.3 is 5.32 Å². The van der Waals surface area contributed by atoms with E-state index in [1.54, 1.807) is 0 Å². The van der Waals surface area contributed by atoms with Gasteiger partial charge in [-0.3, -0.25) is 0 Å². The average molecular weight is 201 g/mol. The Kier molecular flexibility index (Phi) is 2.59. The Balaban J connectivity index is 2.07. The highest BCUT2D eigenvalue weighted by atomic mass is 15.1. The number of nitriles is 1. The molecular formula is C12H15N3. The molecule has 1 fully saturated rings. The Morgan fingerprint density at radius 2 is 2.40 bits per heavy atom. The van der Waals surface area contributed by atoms with Crippen LogP contribution in [0.2, 0.25) is 0 Å². The summed E-state index contributed by atoms with van der Waals surface area (Å²) in [6, 6.07) is 6.56. The van der Waals surface area contributed by atoms with E-state index >= 15 is 0 Å². The fraction of sp³-hybridized carbons (Fsp3) is 0.500. The highest BCUT2D eigenvalue weighted by Crippen LogP contribution is 2.35. The number of hydrogen-bond acceptors (Lipinski definition) is 3. The molecule has 15 heavy (non-hydrogen) atoms. The highest BCUT2D eigenvalue weighted by molar-refractivity contribution is 5.44. The summed E-state index contributed by atoms with van der Waals surface area (Å²) in [5.74, 6) is 1.62. The van der Waals surface area contributed by atoms with Gasteiger partial charge in [-0.15, -0.1) is 0 Å². The minimum atomic E-state index is 0.522. The molecule has 1 aliphatic rings. The molecule has 0 radical (unpaired) electrons. The maximum absolute atomic E-state index is 8.85. The van der Waals surface area contributed by atoms with Crippen LogP contribution in [0.25, 0.3) is 0 Å². The predicted octanol–water partition coefficient (Wildman–Crippen LogP) is 2.47. The number of nitrogens with zero attached hydrogens (tertiary/aromatic N) is 2. The minimum absolute atomic E-state index is 0.522. The van der Waals surface area contributed by atoms with Gasteiger partial charge in [0.05, 0.1) is 0 Å². The van der Waals surface area contributed by atoms with Crippen molar-refractivity contribution < 1.29 is 0 Å². The van der Waals surface area contributed by atoms with Gasteiger partial charge in [0.15, 0.2) is 0 Å². The second-order valence-electron chi connectivity index (χ2n) is 4.13. The van der Waals surface area contributed by atoms with Crippen molar-refractivity contribution in [1.82, 2.24) is 4.98 Å². The van der Waals surface area contributed by atoms with E-state index in [4.69, 9.17) is 5.26 Å². The van der Waals surface area contributed by atoms with Crippen molar-refractivity contribution in [3.05, 3.63) is 23.4 Å². The smallest absolute Gasteiger partial charge is 0.145 e. The molecule has 78 valence electrons. The second kappa shape index (κ2) is 3.90. The largest absolute Gasteiger partial charge is 0.367 e. The van der Waals surface area contributed by atoms with E-state index in [2.05, 4.69) is 23.3 Å². The maximum atomic E-state index is 8.85. The number of nitrogens with one attached hydrogen (secondary N) is 1. The van der Waals surface area contributed by atoms with Crippen LogP contribution >= 0.6 is 0 Å². The van der Waals surface area contributed by atoms with Gasteiger partial charge in [-0.1, -0.05) is 19.4 Å². The lowest BCUT2D eigenvalue weighted by molar-refractivity contribution is 0.773. The third kappa shape index (κ3) is 2.10. The van der Waals surface area contributed by atoms with E-state index in [-0.39, 0.29) is 0 Å². The monoisotopic (exact) mass is 201 g/mol. The Morgan fingerprint density at radius 3 is 3.00 bits per heavy atom. The maximum Gasteiger partial charge on any atom is 0.145 e. The van der Waals surface area contributed by atoms with E-state index in [9.17, 15) is 0 Å². The van der Waals surface area contributed by atoms with E-state index < -0.39 is 0 Å². The summed E-state index contributed by atoms with van der Waals surface area (Å²) in [5, 5.41) is 12.2. The van der Waals surface area contributed by atoms with Crippen LogP contribution in [0, 0.1) is 24.2 Å². The number of aromatic nitrogens is 1. The molecule has 1 aromatic rings. The van der Waals surface area contributed by atoms with Crippen LogP contribution in [0.5, 0.6) is 0 Å². The minimum Gasteiger partial charge on any atom is -0.367 e. The van der Waals surface area contributed by atoms with Gasteiger partial charge in [0.2, 0.25) is 0 Å². The standard InChI is InChI=1S/C12H15N3/c1-3-9-6-10(9)14-12-5-4-8(2)11(7-13)15-12/h4-5,9-10H,3,6H2,1-2H3,(H,14,15). The van der Waals surface area contributed by atoms with Crippen molar-refractivity contribution >= 4 is 5.82 Å². The summed E-state index contributed by atoms with van der Waals surface area (Å²) in [7, 11) is 0. The Labute approximate surface area is 90.1 Å². The van der Waals surface area contributed by atoms with Crippen molar-refractivity contribution in [1.29, 1.82) is 5.26 Å². The SMILES string of the molecule is CCC1CC1Nc1ccc(C)c(C#N)n1. The third-order valence-electron chi connectivity index (χ3n) is 2.98. The first-order valence-electron chi connectivity index (χ1n) is 5.39. The summed E-state index contributed by atoms with van der Waals surface area (Å²) >= 11 is 0. The molecule has 1 heterocycles. The van der Waals surface area contributed by atoms with Gasteiger partial charge in [0, 0.05) is 6.04 Å². The molecule has 2 unspecified atom stereocenters. The van der Waals surface area contributed by atoms with Crippen LogP contribution in [-0.2, 0) is 0 Å². The van der Waals surface area contributed by atoms with Crippen molar-refractivity contribution in [3.63, 3.8) is 0 Å². The number of anilines is 1. The number of aryl methyl sites for hydroxylation is 1. The number of rotatable bonds is 3. The van der Waals surface area contributed by atoms with E-state index in [1.807, 2.05) is 19.1 Å². The quantitative estimate of drug-likeness (QED) is 0.817. The molecule has 1 saturated carbocycles. The van der Waals surface area contributed by atoms with Crippen LogP contribution < -0.4 is 5.32 Å². The lowest BCUT2D eigenvalue weighted by Crippen LogP contribution is -2.06. The number of pyridine rings is 1. The predicted molar refractivity (Wildman–Crippen MR) is 59.5 cm³/mol. The fourth-order valence-electron chi connectivity index (χ4n) is 1.79. The Bertz CT molecular complexity index is 406. The summed E-state index contributed by atoms with van der Waals surface area (Å²) in [6.45, 7) is 4.11. The normalized spacial score (nSPS) is 23.3. The van der Waals surface area contributed by atoms with Crippen molar-refractivity contribution in [3.8, 4) is 6.07 Å². The molecule has 3 heteroatoms. The third-order valence-corrected chi connectivity index (χ3v) is 2.98. The summed E-state index contributed by atoms with van der Waals surface area (Å²) < 4.78 is 0. The molecule has 0 bridgehead atoms. The Morgan fingerprint density at radius 1 is 1.60 bits per heavy atom. The first-order chi connectivity index (χ1) is 7.24. The molecule has 1 aromatic heterocycles. The summed E-state index contributed by atoms with van der Waals surface area (Å²) in [5.41, 5.74) is 1.46. The zero-order chi connectivity index (χ0) is 10.8. The van der Waals surface area contributed by atoms with E-state index in [1.165, 1.54) is 12.8 Å². The topological polar surface area (TPSA) is 48.7 Å². The molecule has 0 amide bonds. The fourth-order valence-corrected chi connectivity index (χ4v) is 1.79. The van der Waals surface area contributed by atoms with E-state index in [0.29, 0.717) is 11.7 Å².